The van der Waals surface area contributed by atoms with Gasteiger partial charge in [0.25, 0.3) is 0 Å². The van der Waals surface area contributed by atoms with Gasteiger partial charge in [0.1, 0.15) is 11.5 Å². The number of hydrogen-bond acceptors (Lipinski definition) is 3. The van der Waals surface area contributed by atoms with Gasteiger partial charge in [-0.25, -0.2) is 0 Å². The van der Waals surface area contributed by atoms with Crippen LogP contribution in [0.4, 0.5) is 14.5 Å². The molecule has 6 heteroatoms. The summed E-state index contributed by atoms with van der Waals surface area (Å²) >= 11 is 0. The molecule has 0 aliphatic carbocycles. The van der Waals surface area contributed by atoms with E-state index in [4.69, 9.17) is 4.74 Å². The fraction of sp³-hybridized carbons (Fsp3) is 0.188. The largest absolute Gasteiger partial charge is 0.497 e. The number of methoxy groups -OCH3 is 1. The van der Waals surface area contributed by atoms with E-state index in [0.717, 1.165) is 0 Å². The second-order valence-electron chi connectivity index (χ2n) is 4.50. The van der Waals surface area contributed by atoms with Crippen molar-refractivity contribution >= 4 is 11.6 Å². The van der Waals surface area contributed by atoms with E-state index >= 15 is 0 Å². The quantitative estimate of drug-likeness (QED) is 0.910. The Morgan fingerprint density at radius 3 is 2.36 bits per heavy atom. The minimum Gasteiger partial charge on any atom is -0.497 e. The van der Waals surface area contributed by atoms with Gasteiger partial charge in [-0.2, -0.15) is 8.78 Å². The van der Waals surface area contributed by atoms with Crippen molar-refractivity contribution in [3.63, 3.8) is 0 Å². The van der Waals surface area contributed by atoms with Crippen molar-refractivity contribution in [1.82, 2.24) is 0 Å². The van der Waals surface area contributed by atoms with Gasteiger partial charge in [-0.3, -0.25) is 4.79 Å². The second-order valence-corrected chi connectivity index (χ2v) is 4.50. The molecule has 0 heterocycles. The first-order valence-electron chi connectivity index (χ1n) is 6.50. The molecule has 0 aliphatic rings. The van der Waals surface area contributed by atoms with Crippen molar-refractivity contribution in [1.29, 1.82) is 0 Å². The number of alkyl halides is 2. The lowest BCUT2D eigenvalue weighted by Gasteiger charge is -2.13. The first kappa shape index (κ1) is 15.8. The van der Waals surface area contributed by atoms with Crippen LogP contribution >= 0.6 is 0 Å². The number of ether oxygens (including phenoxy) is 2. The molecule has 0 atom stereocenters. The van der Waals surface area contributed by atoms with Crippen LogP contribution in [0.5, 0.6) is 11.5 Å². The van der Waals surface area contributed by atoms with E-state index in [9.17, 15) is 13.6 Å². The van der Waals surface area contributed by atoms with E-state index in [1.165, 1.54) is 26.2 Å². The van der Waals surface area contributed by atoms with Gasteiger partial charge in [0, 0.05) is 18.2 Å². The Hall–Kier alpha value is -2.63. The zero-order valence-corrected chi connectivity index (χ0v) is 12.1. The van der Waals surface area contributed by atoms with Crippen LogP contribution < -0.4 is 14.8 Å². The average Bonchev–Trinajstić information content (AvgIpc) is 2.48. The molecule has 22 heavy (non-hydrogen) atoms. The van der Waals surface area contributed by atoms with E-state index < -0.39 is 6.61 Å². The van der Waals surface area contributed by atoms with Crippen molar-refractivity contribution in [3.8, 4) is 22.6 Å². The molecular formula is C16H15F2NO3. The van der Waals surface area contributed by atoms with Gasteiger partial charge < -0.3 is 14.8 Å². The molecule has 0 radical (unpaired) electrons. The molecule has 1 amide bonds. The highest BCUT2D eigenvalue weighted by atomic mass is 19.3. The van der Waals surface area contributed by atoms with Crippen molar-refractivity contribution in [2.24, 2.45) is 0 Å². The number of hydrogen-bond donors (Lipinski definition) is 1. The molecule has 0 saturated carbocycles. The highest BCUT2D eigenvalue weighted by Crippen LogP contribution is 2.34. The van der Waals surface area contributed by atoms with Crippen molar-refractivity contribution in [2.75, 3.05) is 12.4 Å². The molecule has 0 aliphatic heterocycles. The zero-order chi connectivity index (χ0) is 16.1. The molecule has 2 rings (SSSR count). The van der Waals surface area contributed by atoms with Crippen molar-refractivity contribution < 1.29 is 23.0 Å². The summed E-state index contributed by atoms with van der Waals surface area (Å²) in [4.78, 5) is 11.1. The Kier molecular flexibility index (Phi) is 4.93. The number of nitrogens with one attached hydrogen (secondary N) is 1. The fourth-order valence-electron chi connectivity index (χ4n) is 2.01. The molecule has 0 spiro atoms. The third kappa shape index (κ3) is 3.94. The van der Waals surface area contributed by atoms with Crippen LogP contribution in [0.2, 0.25) is 0 Å². The van der Waals surface area contributed by atoms with Crippen LogP contribution in [0.15, 0.2) is 42.5 Å². The third-order valence-corrected chi connectivity index (χ3v) is 2.92. The molecule has 1 N–H and O–H groups in total. The summed E-state index contributed by atoms with van der Waals surface area (Å²) in [7, 11) is 1.54. The maximum absolute atomic E-state index is 12.5. The van der Waals surface area contributed by atoms with Gasteiger partial charge >= 0.3 is 6.61 Å². The number of rotatable bonds is 5. The monoisotopic (exact) mass is 307 g/mol. The minimum atomic E-state index is -2.93. The third-order valence-electron chi connectivity index (χ3n) is 2.92. The Labute approximate surface area is 126 Å². The molecule has 0 bridgehead atoms. The predicted octanol–water partition coefficient (Wildman–Crippen LogP) is 3.92. The predicted molar refractivity (Wildman–Crippen MR) is 79.4 cm³/mol. The average molecular weight is 307 g/mol. The molecule has 4 nitrogen and oxygen atoms in total. The summed E-state index contributed by atoms with van der Waals surface area (Å²) in [5.74, 6) is 0.440. The van der Waals surface area contributed by atoms with Crippen LogP contribution in [-0.2, 0) is 4.79 Å². The Morgan fingerprint density at radius 1 is 1.14 bits per heavy atom. The summed E-state index contributed by atoms with van der Waals surface area (Å²) < 4.78 is 34.7. The minimum absolute atomic E-state index is 0.0364. The van der Waals surface area contributed by atoms with E-state index in [0.29, 0.717) is 22.6 Å². The summed E-state index contributed by atoms with van der Waals surface area (Å²) in [5, 5.41) is 2.61. The van der Waals surface area contributed by atoms with Crippen molar-refractivity contribution in [2.45, 2.75) is 13.5 Å². The molecule has 0 unspecified atom stereocenters. The van der Waals surface area contributed by atoms with Crippen LogP contribution in [0.25, 0.3) is 11.1 Å². The smallest absolute Gasteiger partial charge is 0.387 e. The summed E-state index contributed by atoms with van der Waals surface area (Å²) in [6.45, 7) is -1.56. The lowest BCUT2D eigenvalue weighted by molar-refractivity contribution is -0.114. The topological polar surface area (TPSA) is 47.6 Å². The number of carbonyl (C=O) groups is 1. The van der Waals surface area contributed by atoms with E-state index in [-0.39, 0.29) is 11.7 Å². The Balaban J connectivity index is 2.44. The van der Waals surface area contributed by atoms with Gasteiger partial charge in [-0.1, -0.05) is 12.1 Å². The molecule has 2 aromatic carbocycles. The number of halogens is 2. The number of benzene rings is 2. The summed E-state index contributed by atoms with van der Waals surface area (Å²) in [5.41, 5.74) is 1.62. The lowest BCUT2D eigenvalue weighted by atomic mass is 10.0. The van der Waals surface area contributed by atoms with Crippen LogP contribution in [0, 0.1) is 0 Å². The van der Waals surface area contributed by atoms with Gasteiger partial charge in [0.05, 0.1) is 7.11 Å². The SMILES string of the molecule is COc1ccc(-c2cc(NC(C)=O)ccc2OC(F)F)cc1. The van der Waals surface area contributed by atoms with E-state index in [2.05, 4.69) is 10.1 Å². The standard InChI is InChI=1S/C16H15F2NO3/c1-10(20)19-12-5-8-15(22-16(17)18)14(9-12)11-3-6-13(21-2)7-4-11/h3-9,16H,1-2H3,(H,19,20). The highest BCUT2D eigenvalue weighted by molar-refractivity contribution is 5.90. The highest BCUT2D eigenvalue weighted by Gasteiger charge is 2.13. The van der Waals surface area contributed by atoms with Crippen LogP contribution in [-0.4, -0.2) is 19.6 Å². The van der Waals surface area contributed by atoms with E-state index in [1.54, 1.807) is 30.3 Å². The maximum Gasteiger partial charge on any atom is 0.387 e. The fourth-order valence-corrected chi connectivity index (χ4v) is 2.01. The summed E-state index contributed by atoms with van der Waals surface area (Å²) in [6.07, 6.45) is 0. The first-order valence-corrected chi connectivity index (χ1v) is 6.50. The Bertz CT molecular complexity index is 657. The second kappa shape index (κ2) is 6.89. The number of anilines is 1. The van der Waals surface area contributed by atoms with E-state index in [1.807, 2.05) is 0 Å². The molecule has 0 aromatic heterocycles. The number of amides is 1. The Morgan fingerprint density at radius 2 is 1.82 bits per heavy atom. The van der Waals surface area contributed by atoms with Crippen LogP contribution in [0.1, 0.15) is 6.92 Å². The lowest BCUT2D eigenvalue weighted by Crippen LogP contribution is -2.07. The molecule has 2 aromatic rings. The van der Waals surface area contributed by atoms with Gasteiger partial charge in [0.2, 0.25) is 5.91 Å². The van der Waals surface area contributed by atoms with Crippen LogP contribution in [0.3, 0.4) is 0 Å². The maximum atomic E-state index is 12.5. The number of carbonyl (C=O) groups excluding carboxylic acids is 1. The van der Waals surface area contributed by atoms with Gasteiger partial charge in [0.15, 0.2) is 0 Å². The molecule has 0 saturated heterocycles. The normalized spacial score (nSPS) is 10.4. The summed E-state index contributed by atoms with van der Waals surface area (Å²) in [6, 6.07) is 11.4. The molecule has 0 fully saturated rings. The van der Waals surface area contributed by atoms with Crippen molar-refractivity contribution in [3.05, 3.63) is 42.5 Å². The molecule has 116 valence electrons. The van der Waals surface area contributed by atoms with Gasteiger partial charge in [-0.15, -0.1) is 0 Å². The molecular weight excluding hydrogens is 292 g/mol. The van der Waals surface area contributed by atoms with Gasteiger partial charge in [-0.05, 0) is 35.9 Å². The first-order chi connectivity index (χ1) is 10.5. The zero-order valence-electron chi connectivity index (χ0n) is 12.1.